The summed E-state index contributed by atoms with van der Waals surface area (Å²) in [6.07, 6.45) is -2.72. The fourth-order valence-electron chi connectivity index (χ4n) is 1.44. The molecule has 2 aromatic rings. The summed E-state index contributed by atoms with van der Waals surface area (Å²) < 4.78 is 37.4. The topological polar surface area (TPSA) is 81.0 Å². The molecule has 0 amide bonds. The lowest BCUT2D eigenvalue weighted by atomic mass is 10.2. The van der Waals surface area contributed by atoms with Crippen LogP contribution in [-0.2, 0) is 6.18 Å². The summed E-state index contributed by atoms with van der Waals surface area (Å²) >= 11 is 5.69. The summed E-state index contributed by atoms with van der Waals surface area (Å²) in [7, 11) is 0. The van der Waals surface area contributed by atoms with Crippen molar-refractivity contribution in [1.29, 1.82) is 0 Å². The van der Waals surface area contributed by atoms with Crippen LogP contribution in [0.3, 0.4) is 0 Å². The molecule has 0 aliphatic carbocycles. The normalized spacial score (nSPS) is 11.2. The minimum Gasteiger partial charge on any atom is -0.318 e. The van der Waals surface area contributed by atoms with E-state index in [0.717, 1.165) is 0 Å². The quantitative estimate of drug-likeness (QED) is 0.687. The molecule has 2 heterocycles. The Hall–Kier alpha value is -2.42. The molecular weight excluding hydrogens is 313 g/mol. The van der Waals surface area contributed by atoms with E-state index in [9.17, 15) is 23.3 Å². The standard InChI is InChI=1S/C11H6ClF3N4O2/c12-7-4-6(11(13,14)15)5-17-9(7)18-10-8(19(20)21)2-1-3-16-10/h1-5H,(H,16,17,18). The van der Waals surface area contributed by atoms with Gasteiger partial charge in [0, 0.05) is 18.5 Å². The maximum atomic E-state index is 12.5. The van der Waals surface area contributed by atoms with Crippen molar-refractivity contribution < 1.29 is 18.1 Å². The SMILES string of the molecule is O=[N+]([O-])c1cccnc1Nc1ncc(C(F)(F)F)cc1Cl. The molecule has 0 radical (unpaired) electrons. The van der Waals surface area contributed by atoms with Crippen LogP contribution in [-0.4, -0.2) is 14.9 Å². The van der Waals surface area contributed by atoms with Gasteiger partial charge in [-0.2, -0.15) is 13.2 Å². The highest BCUT2D eigenvalue weighted by atomic mass is 35.5. The van der Waals surface area contributed by atoms with Gasteiger partial charge in [-0.25, -0.2) is 9.97 Å². The number of hydrogen-bond acceptors (Lipinski definition) is 5. The summed E-state index contributed by atoms with van der Waals surface area (Å²) in [5.74, 6) is -0.330. The second-order valence-corrected chi connectivity index (χ2v) is 4.21. The molecule has 0 spiro atoms. The number of rotatable bonds is 3. The van der Waals surface area contributed by atoms with Gasteiger partial charge in [-0.05, 0) is 12.1 Å². The number of halogens is 4. The molecule has 0 fully saturated rings. The molecule has 0 aliphatic heterocycles. The molecule has 0 aliphatic rings. The first kappa shape index (κ1) is 15.0. The van der Waals surface area contributed by atoms with Gasteiger partial charge in [0.15, 0.2) is 5.82 Å². The predicted octanol–water partition coefficient (Wildman–Crippen LogP) is 3.80. The van der Waals surface area contributed by atoms with E-state index in [1.54, 1.807) is 0 Å². The van der Waals surface area contributed by atoms with E-state index >= 15 is 0 Å². The van der Waals surface area contributed by atoms with E-state index in [1.165, 1.54) is 18.3 Å². The molecule has 0 bridgehead atoms. The van der Waals surface area contributed by atoms with Crippen LogP contribution < -0.4 is 5.32 Å². The summed E-state index contributed by atoms with van der Waals surface area (Å²) in [4.78, 5) is 17.4. The van der Waals surface area contributed by atoms with Gasteiger partial charge in [0.05, 0.1) is 15.5 Å². The van der Waals surface area contributed by atoms with E-state index in [1.807, 2.05) is 0 Å². The highest BCUT2D eigenvalue weighted by Crippen LogP contribution is 2.34. The molecule has 2 aromatic heterocycles. The van der Waals surface area contributed by atoms with Crippen LogP contribution in [0.2, 0.25) is 5.02 Å². The molecule has 10 heteroatoms. The maximum absolute atomic E-state index is 12.5. The number of pyridine rings is 2. The first-order valence-electron chi connectivity index (χ1n) is 5.38. The van der Waals surface area contributed by atoms with E-state index in [2.05, 4.69) is 15.3 Å². The summed E-state index contributed by atoms with van der Waals surface area (Å²) in [5.41, 5.74) is -1.37. The zero-order valence-electron chi connectivity index (χ0n) is 10.1. The van der Waals surface area contributed by atoms with Crippen LogP contribution in [0.1, 0.15) is 5.56 Å². The highest BCUT2D eigenvalue weighted by Gasteiger charge is 2.31. The molecule has 0 saturated heterocycles. The zero-order valence-corrected chi connectivity index (χ0v) is 10.8. The monoisotopic (exact) mass is 318 g/mol. The molecule has 110 valence electrons. The lowest BCUT2D eigenvalue weighted by Crippen LogP contribution is -2.07. The summed E-state index contributed by atoms with van der Waals surface area (Å²) in [6.45, 7) is 0. The first-order chi connectivity index (χ1) is 9.79. The highest BCUT2D eigenvalue weighted by molar-refractivity contribution is 6.33. The fourth-order valence-corrected chi connectivity index (χ4v) is 1.65. The van der Waals surface area contributed by atoms with Crippen LogP contribution in [0, 0.1) is 10.1 Å². The van der Waals surface area contributed by atoms with Gasteiger partial charge in [-0.1, -0.05) is 11.6 Å². The largest absolute Gasteiger partial charge is 0.417 e. The minimum absolute atomic E-state index is 0.161. The molecule has 21 heavy (non-hydrogen) atoms. The number of alkyl halides is 3. The minimum atomic E-state index is -4.58. The molecule has 1 N–H and O–H groups in total. The van der Waals surface area contributed by atoms with Gasteiger partial charge in [-0.15, -0.1) is 0 Å². The Labute approximate surface area is 120 Å². The van der Waals surface area contributed by atoms with E-state index < -0.39 is 16.7 Å². The van der Waals surface area contributed by atoms with Gasteiger partial charge in [-0.3, -0.25) is 10.1 Å². The van der Waals surface area contributed by atoms with Gasteiger partial charge >= 0.3 is 11.9 Å². The average molecular weight is 319 g/mol. The third-order valence-corrected chi connectivity index (χ3v) is 2.68. The van der Waals surface area contributed by atoms with Gasteiger partial charge in [0.2, 0.25) is 5.82 Å². The van der Waals surface area contributed by atoms with Crippen LogP contribution in [0.5, 0.6) is 0 Å². The van der Waals surface area contributed by atoms with Gasteiger partial charge in [0.25, 0.3) is 0 Å². The number of nitrogens with one attached hydrogen (secondary N) is 1. The van der Waals surface area contributed by atoms with Crippen molar-refractivity contribution in [3.8, 4) is 0 Å². The molecule has 2 rings (SSSR count). The first-order valence-corrected chi connectivity index (χ1v) is 5.76. The number of hydrogen-bond donors (Lipinski definition) is 1. The number of nitro groups is 1. The van der Waals surface area contributed by atoms with Crippen LogP contribution in [0.15, 0.2) is 30.6 Å². The Bertz CT molecular complexity index is 693. The maximum Gasteiger partial charge on any atom is 0.417 e. The molecule has 6 nitrogen and oxygen atoms in total. The van der Waals surface area contributed by atoms with Crippen molar-refractivity contribution in [2.24, 2.45) is 0 Å². The van der Waals surface area contributed by atoms with Crippen molar-refractivity contribution in [2.45, 2.75) is 6.18 Å². The lowest BCUT2D eigenvalue weighted by molar-refractivity contribution is -0.384. The lowest BCUT2D eigenvalue weighted by Gasteiger charge is -2.10. The van der Waals surface area contributed by atoms with Gasteiger partial charge in [0.1, 0.15) is 0 Å². The summed E-state index contributed by atoms with van der Waals surface area (Å²) in [5, 5.41) is 12.9. The number of anilines is 2. The second kappa shape index (κ2) is 5.52. The van der Waals surface area contributed by atoms with E-state index in [4.69, 9.17) is 11.6 Å². The van der Waals surface area contributed by atoms with Gasteiger partial charge < -0.3 is 5.32 Å². The predicted molar refractivity (Wildman–Crippen MR) is 68.4 cm³/mol. The van der Waals surface area contributed by atoms with Crippen molar-refractivity contribution in [3.63, 3.8) is 0 Å². The number of nitrogens with zero attached hydrogens (tertiary/aromatic N) is 3. The Morgan fingerprint density at radius 3 is 2.57 bits per heavy atom. The third-order valence-electron chi connectivity index (χ3n) is 2.39. The van der Waals surface area contributed by atoms with Crippen molar-refractivity contribution >= 4 is 28.9 Å². The Morgan fingerprint density at radius 2 is 2.00 bits per heavy atom. The van der Waals surface area contributed by atoms with E-state index in [0.29, 0.717) is 12.3 Å². The molecule has 0 aromatic carbocycles. The zero-order chi connectivity index (χ0) is 15.6. The van der Waals surface area contributed by atoms with Crippen molar-refractivity contribution in [2.75, 3.05) is 5.32 Å². The molecule has 0 saturated carbocycles. The smallest absolute Gasteiger partial charge is 0.318 e. The van der Waals surface area contributed by atoms with Crippen LogP contribution >= 0.6 is 11.6 Å². The Morgan fingerprint density at radius 1 is 1.29 bits per heavy atom. The number of aromatic nitrogens is 2. The van der Waals surface area contributed by atoms with Crippen LogP contribution in [0.25, 0.3) is 0 Å². The van der Waals surface area contributed by atoms with E-state index in [-0.39, 0.29) is 22.3 Å². The Kier molecular flexibility index (Phi) is 3.94. The van der Waals surface area contributed by atoms with Crippen molar-refractivity contribution in [3.05, 3.63) is 51.3 Å². The van der Waals surface area contributed by atoms with Crippen LogP contribution in [0.4, 0.5) is 30.5 Å². The Balaban J connectivity index is 2.35. The fraction of sp³-hybridized carbons (Fsp3) is 0.0909. The molecule has 0 unspecified atom stereocenters. The molecular formula is C11H6ClF3N4O2. The second-order valence-electron chi connectivity index (χ2n) is 3.81. The average Bonchev–Trinajstić information content (AvgIpc) is 2.40. The summed E-state index contributed by atoms with van der Waals surface area (Å²) in [6, 6.07) is 3.21. The third kappa shape index (κ3) is 3.37. The molecule has 0 atom stereocenters. The van der Waals surface area contributed by atoms with Crippen molar-refractivity contribution in [1.82, 2.24) is 9.97 Å².